The minimum Gasteiger partial charge on any atom is -0.478 e. The van der Waals surface area contributed by atoms with E-state index in [0.29, 0.717) is 38.6 Å². The van der Waals surface area contributed by atoms with Crippen molar-refractivity contribution in [3.63, 3.8) is 0 Å². The van der Waals surface area contributed by atoms with Crippen LogP contribution in [-0.2, 0) is 16.0 Å². The van der Waals surface area contributed by atoms with E-state index in [9.17, 15) is 4.79 Å². The third kappa shape index (κ3) is 5.17. The normalized spacial score (nSPS) is 10.5. The van der Waals surface area contributed by atoms with Gasteiger partial charge in [-0.3, -0.25) is 0 Å². The third-order valence-electron chi connectivity index (χ3n) is 2.17. The standard InChI is InChI=1S/C11H17N3O4/c1-17-4-5-18-3-2-12-7-10-9(11(15)16)6-13-8-14-10/h6,8,12H,2-5,7H2,1H3,(H,15,16). The molecule has 0 fully saturated rings. The number of methoxy groups -OCH3 is 1. The first-order chi connectivity index (χ1) is 8.75. The molecule has 7 nitrogen and oxygen atoms in total. The fraction of sp³-hybridized carbons (Fsp3) is 0.545. The lowest BCUT2D eigenvalue weighted by atomic mass is 10.2. The smallest absolute Gasteiger partial charge is 0.339 e. The maximum absolute atomic E-state index is 10.9. The molecule has 0 saturated heterocycles. The summed E-state index contributed by atoms with van der Waals surface area (Å²) < 4.78 is 10.1. The molecule has 0 unspecified atom stereocenters. The zero-order valence-electron chi connectivity index (χ0n) is 10.3. The number of carbonyl (C=O) groups is 1. The van der Waals surface area contributed by atoms with E-state index in [1.165, 1.54) is 12.5 Å². The number of rotatable bonds is 9. The van der Waals surface area contributed by atoms with E-state index in [2.05, 4.69) is 15.3 Å². The predicted molar refractivity (Wildman–Crippen MR) is 63.4 cm³/mol. The quantitative estimate of drug-likeness (QED) is 0.596. The van der Waals surface area contributed by atoms with Gasteiger partial charge in [0.2, 0.25) is 0 Å². The van der Waals surface area contributed by atoms with Gasteiger partial charge in [-0.15, -0.1) is 0 Å². The summed E-state index contributed by atoms with van der Waals surface area (Å²) in [7, 11) is 1.62. The van der Waals surface area contributed by atoms with Crippen LogP contribution in [0.1, 0.15) is 16.1 Å². The first-order valence-electron chi connectivity index (χ1n) is 5.55. The maximum atomic E-state index is 10.9. The molecule has 1 aromatic rings. The van der Waals surface area contributed by atoms with Gasteiger partial charge in [0.05, 0.1) is 25.5 Å². The third-order valence-corrected chi connectivity index (χ3v) is 2.17. The summed E-state index contributed by atoms with van der Waals surface area (Å²) in [6.45, 7) is 2.64. The van der Waals surface area contributed by atoms with Gasteiger partial charge in [0.1, 0.15) is 11.9 Å². The second-order valence-electron chi connectivity index (χ2n) is 3.47. The number of ether oxygens (including phenoxy) is 2. The van der Waals surface area contributed by atoms with Crippen LogP contribution in [0.5, 0.6) is 0 Å². The van der Waals surface area contributed by atoms with Crippen molar-refractivity contribution in [2.75, 3.05) is 33.5 Å². The minimum atomic E-state index is -1.02. The van der Waals surface area contributed by atoms with Gasteiger partial charge < -0.3 is 19.9 Å². The van der Waals surface area contributed by atoms with Crippen molar-refractivity contribution in [1.29, 1.82) is 0 Å². The lowest BCUT2D eigenvalue weighted by Crippen LogP contribution is -2.22. The predicted octanol–water partition coefficient (Wildman–Crippen LogP) is -0.0726. The molecule has 1 aromatic heterocycles. The molecule has 0 amide bonds. The SMILES string of the molecule is COCCOCCNCc1ncncc1C(=O)O. The number of carboxylic acid groups (broad SMARTS) is 1. The van der Waals surface area contributed by atoms with Gasteiger partial charge in [-0.1, -0.05) is 0 Å². The molecule has 0 aliphatic heterocycles. The second-order valence-corrected chi connectivity index (χ2v) is 3.47. The van der Waals surface area contributed by atoms with E-state index in [1.54, 1.807) is 7.11 Å². The van der Waals surface area contributed by atoms with E-state index in [1.807, 2.05) is 0 Å². The number of nitrogens with zero attached hydrogens (tertiary/aromatic N) is 2. The molecule has 0 radical (unpaired) electrons. The molecule has 0 bridgehead atoms. The first-order valence-corrected chi connectivity index (χ1v) is 5.55. The van der Waals surface area contributed by atoms with Crippen molar-refractivity contribution >= 4 is 5.97 Å². The molecular formula is C11H17N3O4. The lowest BCUT2D eigenvalue weighted by molar-refractivity contribution is 0.0693. The van der Waals surface area contributed by atoms with Crippen molar-refractivity contribution in [3.05, 3.63) is 23.8 Å². The van der Waals surface area contributed by atoms with E-state index >= 15 is 0 Å². The molecule has 0 aromatic carbocycles. The van der Waals surface area contributed by atoms with Crippen LogP contribution in [-0.4, -0.2) is 54.5 Å². The summed E-state index contributed by atoms with van der Waals surface area (Å²) in [6, 6.07) is 0. The van der Waals surface area contributed by atoms with Crippen LogP contribution < -0.4 is 5.32 Å². The number of aromatic carboxylic acids is 1. The van der Waals surface area contributed by atoms with Crippen LogP contribution in [0, 0.1) is 0 Å². The Hall–Kier alpha value is -1.57. The van der Waals surface area contributed by atoms with Gasteiger partial charge in [0, 0.05) is 26.4 Å². The number of nitrogens with one attached hydrogen (secondary N) is 1. The molecule has 1 heterocycles. The highest BCUT2D eigenvalue weighted by atomic mass is 16.5. The fourth-order valence-electron chi connectivity index (χ4n) is 1.27. The Labute approximate surface area is 105 Å². The van der Waals surface area contributed by atoms with Gasteiger partial charge in [0.25, 0.3) is 0 Å². The average Bonchev–Trinajstić information content (AvgIpc) is 2.38. The zero-order chi connectivity index (χ0) is 13.2. The van der Waals surface area contributed by atoms with Crippen molar-refractivity contribution in [2.45, 2.75) is 6.54 Å². The Balaban J connectivity index is 2.25. The molecule has 0 spiro atoms. The second kappa shape index (κ2) is 8.51. The summed E-state index contributed by atoms with van der Waals surface area (Å²) in [4.78, 5) is 18.5. The number of hydrogen-bond acceptors (Lipinski definition) is 6. The van der Waals surface area contributed by atoms with Gasteiger partial charge >= 0.3 is 5.97 Å². The first kappa shape index (κ1) is 14.5. The summed E-state index contributed by atoms with van der Waals surface area (Å²) in [6.07, 6.45) is 2.62. The Bertz CT molecular complexity index is 373. The Kier molecular flexibility index (Phi) is 6.85. The van der Waals surface area contributed by atoms with Crippen LogP contribution in [0.15, 0.2) is 12.5 Å². The lowest BCUT2D eigenvalue weighted by Gasteiger charge is -2.07. The van der Waals surface area contributed by atoms with Gasteiger partial charge in [-0.05, 0) is 0 Å². The molecule has 100 valence electrons. The molecule has 1 rings (SSSR count). The van der Waals surface area contributed by atoms with Gasteiger partial charge in [0.15, 0.2) is 0 Å². The highest BCUT2D eigenvalue weighted by molar-refractivity contribution is 5.88. The zero-order valence-corrected chi connectivity index (χ0v) is 10.3. The van der Waals surface area contributed by atoms with Crippen molar-refractivity contribution in [2.24, 2.45) is 0 Å². The largest absolute Gasteiger partial charge is 0.478 e. The summed E-state index contributed by atoms with van der Waals surface area (Å²) in [5, 5.41) is 12.0. The molecule has 0 aliphatic rings. The molecule has 0 aliphatic carbocycles. The average molecular weight is 255 g/mol. The molecule has 18 heavy (non-hydrogen) atoms. The number of carboxylic acids is 1. The molecule has 0 saturated carbocycles. The monoisotopic (exact) mass is 255 g/mol. The summed E-state index contributed by atoms with van der Waals surface area (Å²) in [5.41, 5.74) is 0.583. The highest BCUT2D eigenvalue weighted by Crippen LogP contribution is 2.02. The minimum absolute atomic E-state index is 0.116. The van der Waals surface area contributed by atoms with E-state index in [0.717, 1.165) is 0 Å². The van der Waals surface area contributed by atoms with Crippen molar-refractivity contribution in [1.82, 2.24) is 15.3 Å². The van der Waals surface area contributed by atoms with Crippen LogP contribution in [0.2, 0.25) is 0 Å². The van der Waals surface area contributed by atoms with Crippen LogP contribution in [0.4, 0.5) is 0 Å². The summed E-state index contributed by atoms with van der Waals surface area (Å²) in [5.74, 6) is -1.02. The van der Waals surface area contributed by atoms with Crippen molar-refractivity contribution < 1.29 is 19.4 Å². The van der Waals surface area contributed by atoms with Gasteiger partial charge in [-0.25, -0.2) is 14.8 Å². The highest BCUT2D eigenvalue weighted by Gasteiger charge is 2.10. The van der Waals surface area contributed by atoms with E-state index in [-0.39, 0.29) is 5.56 Å². The van der Waals surface area contributed by atoms with E-state index < -0.39 is 5.97 Å². The van der Waals surface area contributed by atoms with Crippen LogP contribution in [0.25, 0.3) is 0 Å². The maximum Gasteiger partial charge on any atom is 0.339 e. The molecular weight excluding hydrogens is 238 g/mol. The van der Waals surface area contributed by atoms with Crippen LogP contribution in [0.3, 0.4) is 0 Å². The van der Waals surface area contributed by atoms with Crippen LogP contribution >= 0.6 is 0 Å². The van der Waals surface area contributed by atoms with Crippen molar-refractivity contribution in [3.8, 4) is 0 Å². The molecule has 7 heteroatoms. The summed E-state index contributed by atoms with van der Waals surface area (Å²) >= 11 is 0. The number of hydrogen-bond donors (Lipinski definition) is 2. The molecule has 0 atom stereocenters. The molecule has 2 N–H and O–H groups in total. The Morgan fingerprint density at radius 1 is 1.44 bits per heavy atom. The Morgan fingerprint density at radius 3 is 3.00 bits per heavy atom. The fourth-order valence-corrected chi connectivity index (χ4v) is 1.27. The number of aromatic nitrogens is 2. The van der Waals surface area contributed by atoms with E-state index in [4.69, 9.17) is 14.6 Å². The van der Waals surface area contributed by atoms with Gasteiger partial charge in [-0.2, -0.15) is 0 Å². The topological polar surface area (TPSA) is 93.6 Å². The Morgan fingerprint density at radius 2 is 2.28 bits per heavy atom.